The van der Waals surface area contributed by atoms with Crippen molar-refractivity contribution < 1.29 is 9.47 Å². The van der Waals surface area contributed by atoms with Crippen LogP contribution in [0, 0.1) is 0 Å². The Morgan fingerprint density at radius 1 is 0.909 bits per heavy atom. The molecule has 0 radical (unpaired) electrons. The predicted octanol–water partition coefficient (Wildman–Crippen LogP) is 4.56. The fraction of sp³-hybridized carbons (Fsp3) is 0.0800. The number of H-pyrrole nitrogens is 1. The molecule has 2 aromatic heterocycles. The van der Waals surface area contributed by atoms with E-state index in [1.165, 1.54) is 13.3 Å². The topological polar surface area (TPSA) is 86.2 Å². The van der Waals surface area contributed by atoms with Gasteiger partial charge in [-0.2, -0.15) is 0 Å². The van der Waals surface area contributed by atoms with Gasteiger partial charge in [-0.05, 0) is 30.3 Å². The van der Waals surface area contributed by atoms with Gasteiger partial charge in [0.1, 0.15) is 11.5 Å². The summed E-state index contributed by atoms with van der Waals surface area (Å²) in [4.78, 5) is 33.6. The second-order valence-electron chi connectivity index (χ2n) is 7.39. The Balaban J connectivity index is 1.81. The summed E-state index contributed by atoms with van der Waals surface area (Å²) in [7, 11) is 3.07. The number of halogens is 1. The summed E-state index contributed by atoms with van der Waals surface area (Å²) in [6, 6.07) is 16.0. The fourth-order valence-corrected chi connectivity index (χ4v) is 4.18. The van der Waals surface area contributed by atoms with Gasteiger partial charge in [0.25, 0.3) is 5.56 Å². The standard InChI is InChI=1S/C25H18ClN3O4/c1-32-15-7-8-20(26)17(9-15)18-10-21-19(11-23(18)33-2)24(30)29(25(31)28-21)22-13-27-12-14-5-3-4-6-16(14)22/h3-13H,1-2H3,(H,28,31). The molecule has 0 unspecified atom stereocenters. The maximum atomic E-state index is 13.5. The summed E-state index contributed by atoms with van der Waals surface area (Å²) >= 11 is 6.44. The van der Waals surface area contributed by atoms with Crippen LogP contribution in [0.2, 0.25) is 5.02 Å². The van der Waals surface area contributed by atoms with Crippen molar-refractivity contribution in [2.75, 3.05) is 14.2 Å². The molecule has 0 spiro atoms. The lowest BCUT2D eigenvalue weighted by Crippen LogP contribution is -2.33. The van der Waals surface area contributed by atoms with Crippen LogP contribution in [-0.4, -0.2) is 28.8 Å². The molecule has 0 aliphatic carbocycles. The summed E-state index contributed by atoms with van der Waals surface area (Å²) in [6.45, 7) is 0. The van der Waals surface area contributed by atoms with Crippen molar-refractivity contribution in [2.45, 2.75) is 0 Å². The minimum atomic E-state index is -0.571. The number of rotatable bonds is 4. The molecule has 0 saturated heterocycles. The number of nitrogens with one attached hydrogen (secondary N) is 1. The Bertz CT molecular complexity index is 1650. The van der Waals surface area contributed by atoms with Crippen molar-refractivity contribution in [3.05, 3.63) is 92.9 Å². The Labute approximate surface area is 192 Å². The van der Waals surface area contributed by atoms with E-state index in [2.05, 4.69) is 9.97 Å². The minimum absolute atomic E-state index is 0.294. The van der Waals surface area contributed by atoms with Gasteiger partial charge in [-0.25, -0.2) is 9.36 Å². The van der Waals surface area contributed by atoms with Crippen LogP contribution in [-0.2, 0) is 0 Å². The number of benzene rings is 3. The monoisotopic (exact) mass is 459 g/mol. The van der Waals surface area contributed by atoms with Crippen LogP contribution in [0.5, 0.6) is 11.5 Å². The number of hydrogen-bond acceptors (Lipinski definition) is 5. The van der Waals surface area contributed by atoms with Gasteiger partial charge >= 0.3 is 5.69 Å². The van der Waals surface area contributed by atoms with Crippen LogP contribution < -0.4 is 20.7 Å². The number of aromatic nitrogens is 3. The molecule has 0 aliphatic heterocycles. The highest BCUT2D eigenvalue weighted by Gasteiger charge is 2.17. The van der Waals surface area contributed by atoms with E-state index in [-0.39, 0.29) is 0 Å². The van der Waals surface area contributed by atoms with Crippen LogP contribution in [0.25, 0.3) is 38.5 Å². The number of methoxy groups -OCH3 is 2. The summed E-state index contributed by atoms with van der Waals surface area (Å²) in [5.74, 6) is 1.05. The van der Waals surface area contributed by atoms with E-state index in [0.29, 0.717) is 44.2 Å². The van der Waals surface area contributed by atoms with E-state index in [1.54, 1.807) is 43.6 Å². The van der Waals surface area contributed by atoms with Gasteiger partial charge in [0.05, 0.1) is 37.0 Å². The van der Waals surface area contributed by atoms with Crippen molar-refractivity contribution in [1.29, 1.82) is 0 Å². The van der Waals surface area contributed by atoms with Gasteiger partial charge in [0, 0.05) is 33.1 Å². The van der Waals surface area contributed by atoms with Crippen molar-refractivity contribution in [3.8, 4) is 28.3 Å². The average Bonchev–Trinajstić information content (AvgIpc) is 2.84. The second kappa shape index (κ2) is 8.11. The maximum Gasteiger partial charge on any atom is 0.333 e. The van der Waals surface area contributed by atoms with E-state index in [0.717, 1.165) is 15.3 Å². The first-order chi connectivity index (χ1) is 16.0. The van der Waals surface area contributed by atoms with Gasteiger partial charge in [0.2, 0.25) is 0 Å². The van der Waals surface area contributed by atoms with E-state index in [9.17, 15) is 9.59 Å². The fourth-order valence-electron chi connectivity index (χ4n) is 3.96. The lowest BCUT2D eigenvalue weighted by atomic mass is 10.0. The van der Waals surface area contributed by atoms with Crippen LogP contribution >= 0.6 is 11.6 Å². The zero-order valence-electron chi connectivity index (χ0n) is 17.8. The van der Waals surface area contributed by atoms with Crippen molar-refractivity contribution in [2.24, 2.45) is 0 Å². The molecule has 0 aliphatic rings. The Morgan fingerprint density at radius 2 is 1.73 bits per heavy atom. The third-order valence-corrected chi connectivity index (χ3v) is 5.90. The molecule has 0 atom stereocenters. The molecule has 5 aromatic rings. The normalized spacial score (nSPS) is 11.1. The number of hydrogen-bond donors (Lipinski definition) is 1. The first kappa shape index (κ1) is 20.8. The number of fused-ring (bicyclic) bond motifs is 2. The number of ether oxygens (including phenoxy) is 2. The van der Waals surface area contributed by atoms with Crippen molar-refractivity contribution in [3.63, 3.8) is 0 Å². The predicted molar refractivity (Wildman–Crippen MR) is 129 cm³/mol. The summed E-state index contributed by atoms with van der Waals surface area (Å²) in [5.41, 5.74) is 0.989. The smallest absolute Gasteiger partial charge is 0.333 e. The molecule has 2 heterocycles. The average molecular weight is 460 g/mol. The van der Waals surface area contributed by atoms with Crippen LogP contribution in [0.3, 0.4) is 0 Å². The lowest BCUT2D eigenvalue weighted by molar-refractivity contribution is 0.414. The molecular weight excluding hydrogens is 442 g/mol. The highest BCUT2D eigenvalue weighted by molar-refractivity contribution is 6.33. The van der Waals surface area contributed by atoms with Crippen LogP contribution in [0.15, 0.2) is 76.6 Å². The third kappa shape index (κ3) is 3.43. The van der Waals surface area contributed by atoms with Crippen molar-refractivity contribution >= 4 is 33.3 Å². The minimum Gasteiger partial charge on any atom is -0.497 e. The van der Waals surface area contributed by atoms with E-state index in [4.69, 9.17) is 21.1 Å². The molecule has 7 nitrogen and oxygen atoms in total. The lowest BCUT2D eigenvalue weighted by Gasteiger charge is -2.14. The molecule has 0 amide bonds. The highest BCUT2D eigenvalue weighted by Crippen LogP contribution is 2.38. The Kier molecular flexibility index (Phi) is 5.11. The number of aromatic amines is 1. The summed E-state index contributed by atoms with van der Waals surface area (Å²) in [5, 5.41) is 2.33. The second-order valence-corrected chi connectivity index (χ2v) is 7.80. The zero-order chi connectivity index (χ0) is 23.1. The zero-order valence-corrected chi connectivity index (χ0v) is 18.5. The third-order valence-electron chi connectivity index (χ3n) is 5.57. The number of pyridine rings is 1. The van der Waals surface area contributed by atoms with Gasteiger partial charge < -0.3 is 14.5 Å². The van der Waals surface area contributed by atoms with E-state index >= 15 is 0 Å². The van der Waals surface area contributed by atoms with Crippen molar-refractivity contribution in [1.82, 2.24) is 14.5 Å². The first-order valence-electron chi connectivity index (χ1n) is 10.1. The molecule has 0 bridgehead atoms. The van der Waals surface area contributed by atoms with Gasteiger partial charge in [-0.3, -0.25) is 9.78 Å². The SMILES string of the molecule is COc1ccc(Cl)c(-c2cc3[nH]c(=O)n(-c4cncc5ccccc45)c(=O)c3cc2OC)c1. The van der Waals surface area contributed by atoms with Gasteiger partial charge in [0.15, 0.2) is 0 Å². The molecule has 3 aromatic carbocycles. The summed E-state index contributed by atoms with van der Waals surface area (Å²) < 4.78 is 12.0. The summed E-state index contributed by atoms with van der Waals surface area (Å²) in [6.07, 6.45) is 3.19. The van der Waals surface area contributed by atoms with Gasteiger partial charge in [-0.1, -0.05) is 35.9 Å². The highest BCUT2D eigenvalue weighted by atomic mass is 35.5. The molecule has 8 heteroatoms. The van der Waals surface area contributed by atoms with E-state index in [1.807, 2.05) is 24.3 Å². The molecule has 164 valence electrons. The first-order valence-corrected chi connectivity index (χ1v) is 10.4. The number of nitrogens with zero attached hydrogens (tertiary/aromatic N) is 2. The van der Waals surface area contributed by atoms with Crippen LogP contribution in [0.1, 0.15) is 0 Å². The Morgan fingerprint density at radius 3 is 2.52 bits per heavy atom. The molecule has 0 fully saturated rings. The van der Waals surface area contributed by atoms with Gasteiger partial charge in [-0.15, -0.1) is 0 Å². The molecule has 33 heavy (non-hydrogen) atoms. The maximum absolute atomic E-state index is 13.5. The molecular formula is C25H18ClN3O4. The molecule has 1 N–H and O–H groups in total. The molecule has 0 saturated carbocycles. The van der Waals surface area contributed by atoms with Crippen LogP contribution in [0.4, 0.5) is 0 Å². The largest absolute Gasteiger partial charge is 0.497 e. The van der Waals surface area contributed by atoms with E-state index < -0.39 is 11.2 Å². The molecule has 5 rings (SSSR count). The quantitative estimate of drug-likeness (QED) is 0.425. The Hall–Kier alpha value is -4.10.